The number of aryl methyl sites for hydroxylation is 1. The predicted molar refractivity (Wildman–Crippen MR) is 99.7 cm³/mol. The molecule has 0 amide bonds. The molecule has 0 aliphatic carbocycles. The molecule has 1 aliphatic rings. The number of rotatable bonds is 7. The van der Waals surface area contributed by atoms with Crippen molar-refractivity contribution in [2.45, 2.75) is 6.92 Å². The van der Waals surface area contributed by atoms with Gasteiger partial charge in [-0.2, -0.15) is 0 Å². The monoisotopic (exact) mass is 340 g/mol. The van der Waals surface area contributed by atoms with Gasteiger partial charge in [0.15, 0.2) is 6.61 Å². The van der Waals surface area contributed by atoms with E-state index in [0.29, 0.717) is 13.2 Å². The number of hydrogen-bond donors (Lipinski definition) is 0. The van der Waals surface area contributed by atoms with Gasteiger partial charge in [-0.05, 0) is 36.2 Å². The highest BCUT2D eigenvalue weighted by Crippen LogP contribution is 2.16. The number of nitrogens with zero attached hydrogens (tertiary/aromatic N) is 2. The fraction of sp³-hybridized carbons (Fsp3) is 0.350. The van der Waals surface area contributed by atoms with Crippen LogP contribution in [-0.2, 0) is 9.57 Å². The molecule has 2 aromatic rings. The highest BCUT2D eigenvalue weighted by molar-refractivity contribution is 5.79. The molecular weight excluding hydrogens is 316 g/mol. The summed E-state index contributed by atoms with van der Waals surface area (Å²) in [5.41, 5.74) is 3.34. The molecule has 2 aromatic carbocycles. The molecule has 132 valence electrons. The van der Waals surface area contributed by atoms with E-state index in [1.165, 1.54) is 5.69 Å². The van der Waals surface area contributed by atoms with Crippen molar-refractivity contribution in [1.29, 1.82) is 0 Å². The molecule has 1 saturated heterocycles. The smallest absolute Gasteiger partial charge is 0.151 e. The second kappa shape index (κ2) is 9.08. The third-order valence-corrected chi connectivity index (χ3v) is 4.07. The molecule has 1 aliphatic heterocycles. The zero-order valence-electron chi connectivity index (χ0n) is 14.6. The number of para-hydroxylation sites is 1. The Labute approximate surface area is 148 Å². The standard InChI is InChI=1S/C20H24N2O3/c1-17-4-2-3-5-20(17)24-14-15-25-21-16-18-6-8-19(9-7-18)22-10-12-23-13-11-22/h2-9,16H,10-15H2,1H3/b21-16+. The molecule has 25 heavy (non-hydrogen) atoms. The van der Waals surface area contributed by atoms with Crippen LogP contribution < -0.4 is 9.64 Å². The number of anilines is 1. The summed E-state index contributed by atoms with van der Waals surface area (Å²) in [5.74, 6) is 0.883. The van der Waals surface area contributed by atoms with Gasteiger partial charge in [0.2, 0.25) is 0 Å². The van der Waals surface area contributed by atoms with Crippen molar-refractivity contribution in [3.8, 4) is 5.75 Å². The second-order valence-corrected chi connectivity index (χ2v) is 5.87. The van der Waals surface area contributed by atoms with Crippen molar-refractivity contribution in [2.75, 3.05) is 44.4 Å². The van der Waals surface area contributed by atoms with E-state index in [0.717, 1.165) is 43.2 Å². The van der Waals surface area contributed by atoms with E-state index in [1.54, 1.807) is 6.21 Å². The maximum atomic E-state index is 5.66. The SMILES string of the molecule is Cc1ccccc1OCCO/N=C/c1ccc(N2CCOCC2)cc1. The minimum atomic E-state index is 0.413. The van der Waals surface area contributed by atoms with Gasteiger partial charge < -0.3 is 19.2 Å². The molecule has 5 heteroatoms. The first-order valence-corrected chi connectivity index (χ1v) is 8.59. The van der Waals surface area contributed by atoms with Gasteiger partial charge in [-0.15, -0.1) is 0 Å². The highest BCUT2D eigenvalue weighted by Gasteiger charge is 2.10. The lowest BCUT2D eigenvalue weighted by Gasteiger charge is -2.28. The minimum Gasteiger partial charge on any atom is -0.490 e. The van der Waals surface area contributed by atoms with Crippen LogP contribution in [0.5, 0.6) is 5.75 Å². The summed E-state index contributed by atoms with van der Waals surface area (Å²) in [6.07, 6.45) is 1.72. The van der Waals surface area contributed by atoms with Crippen molar-refractivity contribution in [3.05, 3.63) is 59.7 Å². The Morgan fingerprint density at radius 2 is 1.80 bits per heavy atom. The first kappa shape index (κ1) is 17.3. The van der Waals surface area contributed by atoms with E-state index in [1.807, 2.05) is 43.3 Å². The lowest BCUT2D eigenvalue weighted by atomic mass is 10.2. The Morgan fingerprint density at radius 1 is 1.04 bits per heavy atom. The molecule has 0 saturated carbocycles. The predicted octanol–water partition coefficient (Wildman–Crippen LogP) is 3.26. The Bertz CT molecular complexity index is 680. The van der Waals surface area contributed by atoms with Crippen LogP contribution in [0.4, 0.5) is 5.69 Å². The number of morpholine rings is 1. The summed E-state index contributed by atoms with van der Waals surface area (Å²) in [5, 5.41) is 4.00. The van der Waals surface area contributed by atoms with Crippen molar-refractivity contribution >= 4 is 11.9 Å². The number of ether oxygens (including phenoxy) is 2. The summed E-state index contributed by atoms with van der Waals surface area (Å²) < 4.78 is 11.0. The number of hydrogen-bond acceptors (Lipinski definition) is 5. The quantitative estimate of drug-likeness (QED) is 0.441. The summed E-state index contributed by atoms with van der Waals surface area (Å²) in [4.78, 5) is 7.59. The Balaban J connectivity index is 1.39. The molecule has 3 rings (SSSR count). The summed E-state index contributed by atoms with van der Waals surface area (Å²) in [6, 6.07) is 16.2. The van der Waals surface area contributed by atoms with Crippen molar-refractivity contribution in [3.63, 3.8) is 0 Å². The number of oxime groups is 1. The zero-order valence-corrected chi connectivity index (χ0v) is 14.6. The molecule has 0 unspecified atom stereocenters. The van der Waals surface area contributed by atoms with E-state index in [9.17, 15) is 0 Å². The van der Waals surface area contributed by atoms with Crippen molar-refractivity contribution in [2.24, 2.45) is 5.16 Å². The van der Waals surface area contributed by atoms with Crippen LogP contribution in [0, 0.1) is 6.92 Å². The van der Waals surface area contributed by atoms with E-state index >= 15 is 0 Å². The van der Waals surface area contributed by atoms with Gasteiger partial charge in [-0.25, -0.2) is 0 Å². The Kier molecular flexibility index (Phi) is 6.29. The third-order valence-electron chi connectivity index (χ3n) is 4.07. The third kappa shape index (κ3) is 5.22. The van der Waals surface area contributed by atoms with Crippen molar-refractivity contribution < 1.29 is 14.3 Å². The maximum Gasteiger partial charge on any atom is 0.151 e. The average molecular weight is 340 g/mol. The summed E-state index contributed by atoms with van der Waals surface area (Å²) in [6.45, 7) is 6.38. The molecule has 0 bridgehead atoms. The summed E-state index contributed by atoms with van der Waals surface area (Å²) in [7, 11) is 0. The maximum absolute atomic E-state index is 5.66. The fourth-order valence-corrected chi connectivity index (χ4v) is 2.65. The largest absolute Gasteiger partial charge is 0.490 e. The van der Waals surface area contributed by atoms with Gasteiger partial charge in [-0.1, -0.05) is 35.5 Å². The second-order valence-electron chi connectivity index (χ2n) is 5.87. The van der Waals surface area contributed by atoms with Gasteiger partial charge in [-0.3, -0.25) is 0 Å². The molecule has 1 heterocycles. The van der Waals surface area contributed by atoms with E-state index < -0.39 is 0 Å². The van der Waals surface area contributed by atoms with E-state index in [2.05, 4.69) is 22.2 Å². The van der Waals surface area contributed by atoms with Crippen molar-refractivity contribution in [1.82, 2.24) is 0 Å². The molecule has 5 nitrogen and oxygen atoms in total. The lowest BCUT2D eigenvalue weighted by molar-refractivity contribution is 0.108. The van der Waals surface area contributed by atoms with E-state index in [4.69, 9.17) is 14.3 Å². The average Bonchev–Trinajstić information content (AvgIpc) is 2.67. The Hall–Kier alpha value is -2.53. The van der Waals surface area contributed by atoms with Gasteiger partial charge >= 0.3 is 0 Å². The van der Waals surface area contributed by atoms with Crippen LogP contribution in [0.15, 0.2) is 53.7 Å². The first-order valence-electron chi connectivity index (χ1n) is 8.59. The summed E-state index contributed by atoms with van der Waals surface area (Å²) >= 11 is 0. The van der Waals surface area contributed by atoms with Gasteiger partial charge in [0.25, 0.3) is 0 Å². The van der Waals surface area contributed by atoms with Crippen LogP contribution >= 0.6 is 0 Å². The van der Waals surface area contributed by atoms with Crippen LogP contribution in [0.2, 0.25) is 0 Å². The molecule has 0 radical (unpaired) electrons. The van der Waals surface area contributed by atoms with Crippen LogP contribution in [0.25, 0.3) is 0 Å². The van der Waals surface area contributed by atoms with Crippen LogP contribution in [0.1, 0.15) is 11.1 Å². The van der Waals surface area contributed by atoms with Gasteiger partial charge in [0, 0.05) is 18.8 Å². The molecule has 0 atom stereocenters. The van der Waals surface area contributed by atoms with Crippen LogP contribution in [-0.4, -0.2) is 45.7 Å². The highest BCUT2D eigenvalue weighted by atomic mass is 16.6. The lowest BCUT2D eigenvalue weighted by Crippen LogP contribution is -2.36. The van der Waals surface area contributed by atoms with Gasteiger partial charge in [0.1, 0.15) is 12.4 Å². The molecule has 0 N–H and O–H groups in total. The minimum absolute atomic E-state index is 0.413. The topological polar surface area (TPSA) is 43.3 Å². The molecular formula is C20H24N2O3. The first-order chi connectivity index (χ1) is 12.3. The van der Waals surface area contributed by atoms with Crippen LogP contribution in [0.3, 0.4) is 0 Å². The molecule has 0 aromatic heterocycles. The Morgan fingerprint density at radius 3 is 2.56 bits per heavy atom. The zero-order chi connectivity index (χ0) is 17.3. The fourth-order valence-electron chi connectivity index (χ4n) is 2.65. The normalized spacial score (nSPS) is 14.7. The number of benzene rings is 2. The van der Waals surface area contributed by atoms with E-state index in [-0.39, 0.29) is 0 Å². The van der Waals surface area contributed by atoms with Gasteiger partial charge in [0.05, 0.1) is 19.4 Å². The molecule has 0 spiro atoms. The molecule has 1 fully saturated rings.